The molecule has 2 aliphatic rings. The summed E-state index contributed by atoms with van der Waals surface area (Å²) < 4.78 is 6.05. The molecular formula is C20H27N5O4. The number of nitriles is 1. The van der Waals surface area contributed by atoms with Crippen LogP contribution in [0.1, 0.15) is 38.8 Å². The molecule has 0 aliphatic carbocycles. The van der Waals surface area contributed by atoms with Crippen LogP contribution in [0.3, 0.4) is 0 Å². The Hall–Kier alpha value is -2.70. The van der Waals surface area contributed by atoms with Crippen molar-refractivity contribution in [2.24, 2.45) is 0 Å². The molecule has 0 radical (unpaired) electrons. The summed E-state index contributed by atoms with van der Waals surface area (Å²) in [7, 11) is 0. The monoisotopic (exact) mass is 401 g/mol. The SMILES string of the molecule is CC(=O)NCC(=O)N[C@]1(C)CCOC2(CCN(c3cccc(C#N)n3)CC2)[C@H]1O. The van der Waals surface area contributed by atoms with Crippen molar-refractivity contribution in [3.8, 4) is 6.07 Å². The standard InChI is InChI=1S/C20H27N5O4/c1-14(26)22-13-17(27)24-19(2)8-11-29-20(18(19)28)6-9-25(10-7-20)16-5-3-4-15(12-21)23-16/h3-5,18,28H,6-11,13H2,1-2H3,(H,22,26)(H,24,27)/t18-,19+/m0/s1. The lowest BCUT2D eigenvalue weighted by molar-refractivity contribution is -0.198. The summed E-state index contributed by atoms with van der Waals surface area (Å²) in [6.07, 6.45) is 0.746. The fourth-order valence-corrected chi connectivity index (χ4v) is 4.15. The Bertz CT molecular complexity index is 815. The van der Waals surface area contributed by atoms with Crippen LogP contribution >= 0.6 is 0 Å². The molecule has 3 N–H and O–H groups in total. The summed E-state index contributed by atoms with van der Waals surface area (Å²) >= 11 is 0. The number of hydrogen-bond acceptors (Lipinski definition) is 7. The number of aliphatic hydroxyl groups excluding tert-OH is 1. The average Bonchev–Trinajstić information content (AvgIpc) is 2.71. The zero-order chi connectivity index (χ0) is 21.1. The van der Waals surface area contributed by atoms with E-state index in [0.717, 1.165) is 5.82 Å². The van der Waals surface area contributed by atoms with E-state index in [2.05, 4.69) is 20.5 Å². The van der Waals surface area contributed by atoms with Gasteiger partial charge in [-0.1, -0.05) is 6.07 Å². The molecule has 2 fully saturated rings. The van der Waals surface area contributed by atoms with Gasteiger partial charge in [-0.25, -0.2) is 4.98 Å². The van der Waals surface area contributed by atoms with Gasteiger partial charge in [0.1, 0.15) is 23.7 Å². The Morgan fingerprint density at radius 3 is 2.76 bits per heavy atom. The number of carbonyl (C=O) groups is 2. The van der Waals surface area contributed by atoms with Crippen molar-refractivity contribution in [1.82, 2.24) is 15.6 Å². The molecule has 1 aromatic rings. The summed E-state index contributed by atoms with van der Waals surface area (Å²) in [5, 5.41) is 25.6. The normalized spacial score (nSPS) is 25.9. The van der Waals surface area contributed by atoms with Gasteiger partial charge in [-0.15, -0.1) is 0 Å². The quantitative estimate of drug-likeness (QED) is 0.652. The third-order valence-electron chi connectivity index (χ3n) is 5.82. The van der Waals surface area contributed by atoms with Crippen molar-refractivity contribution in [2.75, 3.05) is 31.1 Å². The molecule has 1 spiro atoms. The molecule has 2 atom stereocenters. The maximum Gasteiger partial charge on any atom is 0.239 e. The zero-order valence-electron chi connectivity index (χ0n) is 16.8. The second-order valence-corrected chi connectivity index (χ2v) is 7.92. The van der Waals surface area contributed by atoms with Crippen molar-refractivity contribution in [2.45, 2.75) is 50.4 Å². The summed E-state index contributed by atoms with van der Waals surface area (Å²) in [5.74, 6) is 0.111. The molecule has 1 aromatic heterocycles. The van der Waals surface area contributed by atoms with Crippen LogP contribution < -0.4 is 15.5 Å². The van der Waals surface area contributed by atoms with Crippen LogP contribution in [-0.2, 0) is 14.3 Å². The molecule has 29 heavy (non-hydrogen) atoms. The predicted molar refractivity (Wildman–Crippen MR) is 105 cm³/mol. The first kappa shape index (κ1) is 21.0. The van der Waals surface area contributed by atoms with Crippen molar-refractivity contribution >= 4 is 17.6 Å². The van der Waals surface area contributed by atoms with E-state index in [9.17, 15) is 14.7 Å². The van der Waals surface area contributed by atoms with Gasteiger partial charge in [-0.2, -0.15) is 5.26 Å². The summed E-state index contributed by atoms with van der Waals surface area (Å²) in [6.45, 7) is 4.71. The van der Waals surface area contributed by atoms with E-state index in [4.69, 9.17) is 10.00 Å². The van der Waals surface area contributed by atoms with Crippen molar-refractivity contribution in [3.63, 3.8) is 0 Å². The highest BCUT2D eigenvalue weighted by Crippen LogP contribution is 2.40. The highest BCUT2D eigenvalue weighted by atomic mass is 16.5. The van der Waals surface area contributed by atoms with Crippen LogP contribution in [0.2, 0.25) is 0 Å². The molecule has 0 bridgehead atoms. The number of piperidine rings is 1. The van der Waals surface area contributed by atoms with Crippen LogP contribution in [0.4, 0.5) is 5.82 Å². The molecule has 2 saturated heterocycles. The van der Waals surface area contributed by atoms with E-state index in [1.165, 1.54) is 6.92 Å². The molecule has 0 unspecified atom stereocenters. The molecule has 9 heteroatoms. The van der Waals surface area contributed by atoms with E-state index < -0.39 is 17.2 Å². The maximum atomic E-state index is 12.2. The van der Waals surface area contributed by atoms with E-state index in [0.29, 0.717) is 44.7 Å². The van der Waals surface area contributed by atoms with Gasteiger partial charge < -0.3 is 25.4 Å². The first-order valence-corrected chi connectivity index (χ1v) is 9.78. The van der Waals surface area contributed by atoms with Crippen LogP contribution in [0.25, 0.3) is 0 Å². The fourth-order valence-electron chi connectivity index (χ4n) is 4.15. The summed E-state index contributed by atoms with van der Waals surface area (Å²) in [5.41, 5.74) is -1.22. The van der Waals surface area contributed by atoms with Gasteiger partial charge in [0.25, 0.3) is 0 Å². The van der Waals surface area contributed by atoms with Crippen molar-refractivity contribution < 1.29 is 19.4 Å². The van der Waals surface area contributed by atoms with E-state index in [-0.39, 0.29) is 18.4 Å². The number of ether oxygens (including phenoxy) is 1. The Labute approximate surface area is 170 Å². The van der Waals surface area contributed by atoms with Crippen LogP contribution in [0.5, 0.6) is 0 Å². The second kappa shape index (κ2) is 8.35. The Balaban J connectivity index is 1.67. The third kappa shape index (κ3) is 4.49. The lowest BCUT2D eigenvalue weighted by atomic mass is 9.73. The van der Waals surface area contributed by atoms with Gasteiger partial charge >= 0.3 is 0 Å². The van der Waals surface area contributed by atoms with Crippen molar-refractivity contribution in [3.05, 3.63) is 23.9 Å². The molecule has 3 rings (SSSR count). The molecule has 156 valence electrons. The summed E-state index contributed by atoms with van der Waals surface area (Å²) in [6, 6.07) is 7.38. The molecule has 3 heterocycles. The Morgan fingerprint density at radius 1 is 1.38 bits per heavy atom. The average molecular weight is 401 g/mol. The third-order valence-corrected chi connectivity index (χ3v) is 5.82. The number of pyridine rings is 1. The Morgan fingerprint density at radius 2 is 2.10 bits per heavy atom. The van der Waals surface area contributed by atoms with Gasteiger partial charge in [-0.3, -0.25) is 9.59 Å². The maximum absolute atomic E-state index is 12.2. The zero-order valence-corrected chi connectivity index (χ0v) is 16.8. The number of nitrogens with one attached hydrogen (secondary N) is 2. The van der Waals surface area contributed by atoms with Gasteiger partial charge in [0, 0.05) is 26.6 Å². The molecule has 0 saturated carbocycles. The molecule has 2 amide bonds. The minimum absolute atomic E-state index is 0.125. The lowest BCUT2D eigenvalue weighted by Gasteiger charge is -2.53. The first-order valence-electron chi connectivity index (χ1n) is 9.78. The topological polar surface area (TPSA) is 128 Å². The largest absolute Gasteiger partial charge is 0.388 e. The minimum Gasteiger partial charge on any atom is -0.388 e. The number of aliphatic hydroxyl groups is 1. The minimum atomic E-state index is -0.884. The number of amides is 2. The number of anilines is 1. The molecular weight excluding hydrogens is 374 g/mol. The number of carbonyl (C=O) groups excluding carboxylic acids is 2. The molecule has 0 aromatic carbocycles. The Kier molecular flexibility index (Phi) is 6.05. The predicted octanol–water partition coefficient (Wildman–Crippen LogP) is 0.0845. The first-order chi connectivity index (χ1) is 13.8. The van der Waals surface area contributed by atoms with Gasteiger partial charge in [0.05, 0.1) is 17.7 Å². The highest BCUT2D eigenvalue weighted by molar-refractivity contribution is 5.84. The van der Waals surface area contributed by atoms with Crippen LogP contribution in [-0.4, -0.2) is 65.4 Å². The second-order valence-electron chi connectivity index (χ2n) is 7.92. The fraction of sp³-hybridized carbons (Fsp3) is 0.600. The number of aromatic nitrogens is 1. The van der Waals surface area contributed by atoms with E-state index in [1.54, 1.807) is 12.1 Å². The van der Waals surface area contributed by atoms with Gasteiger partial charge in [0.15, 0.2) is 0 Å². The van der Waals surface area contributed by atoms with Crippen LogP contribution in [0.15, 0.2) is 18.2 Å². The highest BCUT2D eigenvalue weighted by Gasteiger charge is 2.53. The van der Waals surface area contributed by atoms with Crippen molar-refractivity contribution in [1.29, 1.82) is 5.26 Å². The molecule has 9 nitrogen and oxygen atoms in total. The molecule has 2 aliphatic heterocycles. The van der Waals surface area contributed by atoms with E-state index in [1.807, 2.05) is 19.1 Å². The van der Waals surface area contributed by atoms with Crippen LogP contribution in [0, 0.1) is 11.3 Å². The van der Waals surface area contributed by atoms with E-state index >= 15 is 0 Å². The van der Waals surface area contributed by atoms with Gasteiger partial charge in [-0.05, 0) is 38.3 Å². The van der Waals surface area contributed by atoms with Gasteiger partial charge in [0.2, 0.25) is 11.8 Å². The lowest BCUT2D eigenvalue weighted by Crippen LogP contribution is -2.69. The number of hydrogen-bond donors (Lipinski definition) is 3. The summed E-state index contributed by atoms with van der Waals surface area (Å²) in [4.78, 5) is 29.7. The number of nitrogens with zero attached hydrogens (tertiary/aromatic N) is 3. The number of rotatable bonds is 4. The smallest absolute Gasteiger partial charge is 0.239 e.